The zero-order valence-corrected chi connectivity index (χ0v) is 28.5. The molecule has 0 amide bonds. The van der Waals surface area contributed by atoms with Crippen molar-refractivity contribution in [2.45, 2.75) is 4.90 Å². The number of aromatic hydroxyl groups is 1. The summed E-state index contributed by atoms with van der Waals surface area (Å²) in [5.74, 6) is -1.08. The Balaban J connectivity index is 1.36. The molecule has 0 spiro atoms. The van der Waals surface area contributed by atoms with E-state index in [0.29, 0.717) is 0 Å². The number of halogens is 1. The molecule has 0 saturated heterocycles. The van der Waals surface area contributed by atoms with Crippen molar-refractivity contribution in [1.82, 2.24) is 0 Å². The third kappa shape index (κ3) is 5.61. The van der Waals surface area contributed by atoms with Gasteiger partial charge in [0.25, 0.3) is 0 Å². The van der Waals surface area contributed by atoms with Crippen molar-refractivity contribution < 1.29 is 25.6 Å². The molecule has 0 aliphatic heterocycles. The van der Waals surface area contributed by atoms with Gasteiger partial charge in [0, 0.05) is 11.6 Å². The fourth-order valence-corrected chi connectivity index (χ4v) is 7.58. The standard InChI is InChI=1S/C40H27IO6S/c1-46-36-24-35(42)34(23-37(36)48(44,45)47-41)40(43)28-18-16-25(17-19-28)29-20-21-32-33(22-29)39(27-12-6-3-7-13-27)31-15-9-8-14-30(31)38(32)26-10-4-2-5-11-26/h2-24,42H,1H3. The van der Waals surface area contributed by atoms with Crippen LogP contribution in [-0.2, 0) is 12.6 Å². The van der Waals surface area contributed by atoms with Crippen LogP contribution in [0.25, 0.3) is 54.9 Å². The molecule has 7 aromatic carbocycles. The molecule has 0 heterocycles. The van der Waals surface area contributed by atoms with Crippen LogP contribution in [0.15, 0.2) is 144 Å². The van der Waals surface area contributed by atoms with Gasteiger partial charge >= 0.3 is 10.1 Å². The number of ether oxygens (including phenoxy) is 1. The maximum atomic E-state index is 13.5. The van der Waals surface area contributed by atoms with Crippen LogP contribution in [0.3, 0.4) is 0 Å². The highest BCUT2D eigenvalue weighted by Crippen LogP contribution is 2.44. The molecule has 1 N–H and O–H groups in total. The smallest absolute Gasteiger partial charge is 0.309 e. The summed E-state index contributed by atoms with van der Waals surface area (Å²) < 4.78 is 34.7. The predicted molar refractivity (Wildman–Crippen MR) is 198 cm³/mol. The number of hydrogen-bond acceptors (Lipinski definition) is 6. The lowest BCUT2D eigenvalue weighted by molar-refractivity contribution is 0.103. The third-order valence-corrected chi connectivity index (χ3v) is 11.0. The Morgan fingerprint density at radius 3 is 1.69 bits per heavy atom. The lowest BCUT2D eigenvalue weighted by atomic mass is 9.85. The van der Waals surface area contributed by atoms with Crippen molar-refractivity contribution in [2.24, 2.45) is 0 Å². The topological polar surface area (TPSA) is 89.9 Å². The van der Waals surface area contributed by atoms with E-state index in [9.17, 15) is 18.3 Å². The van der Waals surface area contributed by atoms with E-state index in [0.717, 1.165) is 56.1 Å². The van der Waals surface area contributed by atoms with E-state index in [1.54, 1.807) is 12.1 Å². The first-order valence-corrected chi connectivity index (χ1v) is 17.3. The number of ketones is 1. The summed E-state index contributed by atoms with van der Waals surface area (Å²) in [4.78, 5) is 13.2. The molecule has 8 heteroatoms. The zero-order chi connectivity index (χ0) is 33.4. The minimum Gasteiger partial charge on any atom is -0.507 e. The molecule has 0 aromatic heterocycles. The summed E-state index contributed by atoms with van der Waals surface area (Å²) in [7, 11) is -2.95. The molecule has 7 aromatic rings. The summed E-state index contributed by atoms with van der Waals surface area (Å²) in [5, 5.41) is 15.2. The normalized spacial score (nSPS) is 11.5. The first-order chi connectivity index (χ1) is 23.3. The van der Waals surface area contributed by atoms with E-state index in [1.807, 2.05) is 24.3 Å². The van der Waals surface area contributed by atoms with E-state index in [2.05, 4.69) is 93.5 Å². The quantitative estimate of drug-likeness (QED) is 0.0942. The minimum atomic E-state index is -4.22. The van der Waals surface area contributed by atoms with Crippen LogP contribution in [0.5, 0.6) is 11.5 Å². The molecule has 48 heavy (non-hydrogen) atoms. The van der Waals surface area contributed by atoms with Crippen molar-refractivity contribution in [3.8, 4) is 44.9 Å². The van der Waals surface area contributed by atoms with Gasteiger partial charge in [0.15, 0.2) is 5.78 Å². The first kappa shape index (κ1) is 31.6. The van der Waals surface area contributed by atoms with Gasteiger partial charge in [0.05, 0.1) is 12.7 Å². The average molecular weight is 763 g/mol. The highest BCUT2D eigenvalue weighted by molar-refractivity contribution is 14.1. The molecule has 0 bridgehead atoms. The van der Waals surface area contributed by atoms with E-state index in [4.69, 9.17) is 4.74 Å². The lowest BCUT2D eigenvalue weighted by Gasteiger charge is -2.18. The van der Waals surface area contributed by atoms with Crippen LogP contribution in [0.4, 0.5) is 0 Å². The zero-order valence-electron chi connectivity index (χ0n) is 25.6. The van der Waals surface area contributed by atoms with Gasteiger partial charge in [-0.2, -0.15) is 10.9 Å². The molecule has 0 radical (unpaired) electrons. The van der Waals surface area contributed by atoms with Crippen LogP contribution in [0.2, 0.25) is 0 Å². The van der Waals surface area contributed by atoms with E-state index in [-0.39, 0.29) is 21.8 Å². The number of fused-ring (bicyclic) bond motifs is 2. The number of phenolic OH excluding ortho intramolecular Hbond substituents is 1. The Kier molecular flexibility index (Phi) is 8.47. The van der Waals surface area contributed by atoms with Crippen LogP contribution >= 0.6 is 23.0 Å². The highest BCUT2D eigenvalue weighted by atomic mass is 127. The molecule has 0 aliphatic rings. The number of carbonyl (C=O) groups excluding carboxylic acids is 1. The number of carbonyl (C=O) groups is 1. The Bertz CT molecular complexity index is 2440. The van der Waals surface area contributed by atoms with Crippen molar-refractivity contribution in [3.05, 3.63) is 151 Å². The number of phenols is 1. The Morgan fingerprint density at radius 1 is 0.604 bits per heavy atom. The summed E-state index contributed by atoms with van der Waals surface area (Å²) in [5.41, 5.74) is 6.51. The van der Waals surface area contributed by atoms with Gasteiger partial charge in [-0.15, -0.1) is 0 Å². The molecule has 0 saturated carbocycles. The Morgan fingerprint density at radius 2 is 1.12 bits per heavy atom. The van der Waals surface area contributed by atoms with E-state index < -0.39 is 21.7 Å². The minimum absolute atomic E-state index is 0.134. The largest absolute Gasteiger partial charge is 0.507 e. The van der Waals surface area contributed by atoms with Crippen LogP contribution < -0.4 is 4.74 Å². The molecule has 0 unspecified atom stereocenters. The lowest BCUT2D eigenvalue weighted by Crippen LogP contribution is -2.07. The predicted octanol–water partition coefficient (Wildman–Crippen LogP) is 9.99. The second kappa shape index (κ2) is 12.9. The second-order valence-corrected chi connectivity index (χ2v) is 13.8. The van der Waals surface area contributed by atoms with Crippen molar-refractivity contribution in [1.29, 1.82) is 0 Å². The van der Waals surface area contributed by atoms with Crippen molar-refractivity contribution >= 4 is 60.5 Å². The molecule has 0 atom stereocenters. The Hall–Kier alpha value is -5.03. The first-order valence-electron chi connectivity index (χ1n) is 15.0. The highest BCUT2D eigenvalue weighted by Gasteiger charge is 2.26. The van der Waals surface area contributed by atoms with Gasteiger partial charge < -0.3 is 9.84 Å². The molecule has 0 aliphatic carbocycles. The van der Waals surface area contributed by atoms with E-state index >= 15 is 0 Å². The van der Waals surface area contributed by atoms with Crippen molar-refractivity contribution in [2.75, 3.05) is 7.11 Å². The van der Waals surface area contributed by atoms with Gasteiger partial charge in [-0.1, -0.05) is 121 Å². The third-order valence-electron chi connectivity index (χ3n) is 8.51. The molecule has 6 nitrogen and oxygen atoms in total. The van der Waals surface area contributed by atoms with Gasteiger partial charge in [0.2, 0.25) is 0 Å². The van der Waals surface area contributed by atoms with Gasteiger partial charge in [0.1, 0.15) is 39.4 Å². The van der Waals surface area contributed by atoms with Gasteiger partial charge in [-0.25, -0.2) is 0 Å². The fraction of sp³-hybridized carbons (Fsp3) is 0.0250. The van der Waals surface area contributed by atoms with Crippen LogP contribution in [0, 0.1) is 0 Å². The van der Waals surface area contributed by atoms with Crippen molar-refractivity contribution in [3.63, 3.8) is 0 Å². The SMILES string of the molecule is COc1cc(O)c(C(=O)c2ccc(-c3ccc4c(-c5ccccc5)c5ccccc5c(-c5ccccc5)c4c3)cc2)cc1S(=O)(=O)OI. The number of rotatable bonds is 8. The van der Waals surface area contributed by atoms with Gasteiger partial charge in [-0.05, 0) is 67.1 Å². The summed E-state index contributed by atoms with van der Waals surface area (Å²) >= 11 is 1.25. The second-order valence-electron chi connectivity index (χ2n) is 11.2. The molecule has 7 rings (SSSR count). The fourth-order valence-electron chi connectivity index (χ4n) is 6.28. The monoisotopic (exact) mass is 762 g/mol. The number of hydrogen-bond donors (Lipinski definition) is 1. The summed E-state index contributed by atoms with van der Waals surface area (Å²) in [6.45, 7) is 0. The van der Waals surface area contributed by atoms with Gasteiger partial charge in [-0.3, -0.25) is 4.79 Å². The average Bonchev–Trinajstić information content (AvgIpc) is 3.13. The molecule has 236 valence electrons. The number of methoxy groups -OCH3 is 1. The summed E-state index contributed by atoms with van der Waals surface area (Å²) in [6.07, 6.45) is 0. The maximum absolute atomic E-state index is 13.5. The van der Waals surface area contributed by atoms with Crippen LogP contribution in [0.1, 0.15) is 15.9 Å². The van der Waals surface area contributed by atoms with E-state index in [1.165, 1.54) is 41.1 Å². The molecular weight excluding hydrogens is 735 g/mol. The molecule has 0 fully saturated rings. The molecular formula is C40H27IO6S. The number of benzene rings is 7. The summed E-state index contributed by atoms with van der Waals surface area (Å²) in [6, 6.07) is 45.0. The maximum Gasteiger partial charge on any atom is 0.309 e. The van der Waals surface area contributed by atoms with Crippen LogP contribution in [-0.4, -0.2) is 26.4 Å². The Labute approximate surface area is 292 Å².